The number of fused-ring (bicyclic) bond motifs is 2. The van der Waals surface area contributed by atoms with Gasteiger partial charge >= 0.3 is 0 Å². The van der Waals surface area contributed by atoms with Gasteiger partial charge in [0, 0.05) is 17.0 Å². The Kier molecular flexibility index (Phi) is 4.69. The first-order valence-electron chi connectivity index (χ1n) is 9.40. The van der Waals surface area contributed by atoms with Gasteiger partial charge in [0.2, 0.25) is 0 Å². The number of nitrogens with zero attached hydrogens (tertiary/aromatic N) is 2. The molecule has 1 unspecified atom stereocenters. The molecule has 0 spiro atoms. The monoisotopic (exact) mass is 452 g/mol. The van der Waals surface area contributed by atoms with Crippen LogP contribution < -0.4 is 15.8 Å². The van der Waals surface area contributed by atoms with E-state index in [-0.39, 0.29) is 16.4 Å². The summed E-state index contributed by atoms with van der Waals surface area (Å²) in [6, 6.07) is 16.8. The number of rotatable bonds is 4. The van der Waals surface area contributed by atoms with Crippen LogP contribution in [0.15, 0.2) is 75.3 Å². The average molecular weight is 453 g/mol. The smallest absolute Gasteiger partial charge is 0.286 e. The molecule has 2 aliphatic heterocycles. The van der Waals surface area contributed by atoms with Gasteiger partial charge in [-0.25, -0.2) is 10.4 Å². The Labute approximate surface area is 182 Å². The summed E-state index contributed by atoms with van der Waals surface area (Å²) in [5.74, 6) is -2.71. The largest absolute Gasteiger partial charge is 0.341 e. The van der Waals surface area contributed by atoms with E-state index >= 15 is 0 Å². The summed E-state index contributed by atoms with van der Waals surface area (Å²) in [5.41, 5.74) is 4.08. The third kappa shape index (κ3) is 3.34. The molecule has 0 fully saturated rings. The van der Waals surface area contributed by atoms with Crippen molar-refractivity contribution in [2.75, 3.05) is 10.3 Å². The van der Waals surface area contributed by atoms with E-state index in [4.69, 9.17) is 0 Å². The van der Waals surface area contributed by atoms with Crippen LogP contribution in [-0.4, -0.2) is 25.9 Å². The minimum absolute atomic E-state index is 0.00235. The molecule has 156 valence electrons. The molecule has 10 heteroatoms. The fourth-order valence-electron chi connectivity index (χ4n) is 3.63. The molecule has 0 radical (unpaired) electrons. The lowest BCUT2D eigenvalue weighted by atomic mass is 9.90. The summed E-state index contributed by atoms with van der Waals surface area (Å²) in [6.07, 6.45) is 0. The van der Waals surface area contributed by atoms with Gasteiger partial charge in [0.25, 0.3) is 15.9 Å². The zero-order chi connectivity index (χ0) is 21.6. The first-order valence-corrected chi connectivity index (χ1v) is 11.7. The van der Waals surface area contributed by atoms with Crippen molar-refractivity contribution in [3.8, 4) is 0 Å². The molecular weight excluding hydrogens is 436 g/mol. The van der Waals surface area contributed by atoms with Gasteiger partial charge in [0.1, 0.15) is 10.7 Å². The minimum atomic E-state index is -4.05. The van der Waals surface area contributed by atoms with Crippen molar-refractivity contribution in [3.63, 3.8) is 0 Å². The Balaban J connectivity index is 1.56. The normalized spacial score (nSPS) is 19.3. The highest BCUT2D eigenvalue weighted by atomic mass is 32.2. The number of para-hydroxylation sites is 2. The Bertz CT molecular complexity index is 1330. The zero-order valence-corrected chi connectivity index (χ0v) is 17.6. The molecule has 0 saturated carbocycles. The van der Waals surface area contributed by atoms with Gasteiger partial charge in [0.15, 0.2) is 11.7 Å². The Morgan fingerprint density at radius 2 is 1.81 bits per heavy atom. The lowest BCUT2D eigenvalue weighted by Gasteiger charge is -2.34. The van der Waals surface area contributed by atoms with Crippen LogP contribution in [0.25, 0.3) is 0 Å². The molecule has 2 aliphatic rings. The number of sulfonamides is 1. The summed E-state index contributed by atoms with van der Waals surface area (Å²) < 4.78 is 29.1. The molecule has 31 heavy (non-hydrogen) atoms. The van der Waals surface area contributed by atoms with E-state index in [0.717, 1.165) is 4.88 Å². The van der Waals surface area contributed by atoms with E-state index in [1.54, 1.807) is 42.5 Å². The number of carbonyl (C=O) groups excluding carboxylic acids is 2. The lowest BCUT2D eigenvalue weighted by Crippen LogP contribution is -2.55. The number of ketones is 1. The van der Waals surface area contributed by atoms with E-state index in [2.05, 4.69) is 15.1 Å². The van der Waals surface area contributed by atoms with Gasteiger partial charge in [-0.2, -0.15) is 8.42 Å². The lowest BCUT2D eigenvalue weighted by molar-refractivity contribution is -0.120. The van der Waals surface area contributed by atoms with Crippen LogP contribution in [0.1, 0.15) is 15.2 Å². The van der Waals surface area contributed by atoms with Crippen LogP contribution in [0.5, 0.6) is 0 Å². The van der Waals surface area contributed by atoms with Crippen molar-refractivity contribution in [1.82, 2.24) is 5.43 Å². The highest BCUT2D eigenvalue weighted by molar-refractivity contribution is 7.90. The number of carbonyl (C=O) groups is 2. The van der Waals surface area contributed by atoms with Crippen LogP contribution in [0.4, 0.5) is 11.4 Å². The van der Waals surface area contributed by atoms with Crippen LogP contribution in [0, 0.1) is 5.92 Å². The predicted octanol–water partition coefficient (Wildman–Crippen LogP) is 2.81. The predicted molar refractivity (Wildman–Crippen MR) is 118 cm³/mol. The van der Waals surface area contributed by atoms with Crippen molar-refractivity contribution in [3.05, 3.63) is 76.5 Å². The number of hydrogen-bond donors (Lipinski definition) is 2. The van der Waals surface area contributed by atoms with Crippen molar-refractivity contribution < 1.29 is 18.0 Å². The molecule has 8 nitrogen and oxygen atoms in total. The molecule has 1 atom stereocenters. The third-order valence-electron chi connectivity index (χ3n) is 5.05. The molecule has 2 N–H and O–H groups in total. The van der Waals surface area contributed by atoms with Crippen LogP contribution in [0.2, 0.25) is 0 Å². The Morgan fingerprint density at radius 1 is 1.03 bits per heavy atom. The average Bonchev–Trinajstić information content (AvgIpc) is 3.27. The summed E-state index contributed by atoms with van der Waals surface area (Å²) in [6.45, 7) is 0.375. The number of nitrogens with one attached hydrogen (secondary N) is 2. The van der Waals surface area contributed by atoms with E-state index in [9.17, 15) is 18.0 Å². The SMILES string of the molecule is O=C1c2ccccc2N(NCc2cccs2)C(=O)C1C1=NS(=O)(=O)c2ccccc2N1. The molecule has 3 heterocycles. The summed E-state index contributed by atoms with van der Waals surface area (Å²) >= 11 is 1.53. The minimum Gasteiger partial charge on any atom is -0.341 e. The van der Waals surface area contributed by atoms with Gasteiger partial charge < -0.3 is 5.32 Å². The maximum atomic E-state index is 13.4. The molecule has 3 aromatic rings. The zero-order valence-electron chi connectivity index (χ0n) is 16.0. The van der Waals surface area contributed by atoms with Crippen LogP contribution in [-0.2, 0) is 21.4 Å². The van der Waals surface area contributed by atoms with Crippen molar-refractivity contribution in [1.29, 1.82) is 0 Å². The van der Waals surface area contributed by atoms with Crippen molar-refractivity contribution in [2.24, 2.45) is 10.3 Å². The van der Waals surface area contributed by atoms with E-state index in [0.29, 0.717) is 17.8 Å². The maximum absolute atomic E-state index is 13.4. The first kappa shape index (κ1) is 19.6. The number of Topliss-reactive ketones (excluding diaryl/α,β-unsaturated/α-hetero) is 1. The molecule has 0 bridgehead atoms. The molecule has 0 saturated heterocycles. The fraction of sp³-hybridized carbons (Fsp3) is 0.0952. The summed E-state index contributed by atoms with van der Waals surface area (Å²) in [4.78, 5) is 27.7. The highest BCUT2D eigenvalue weighted by Crippen LogP contribution is 2.34. The highest BCUT2D eigenvalue weighted by Gasteiger charge is 2.45. The number of amides is 1. The van der Waals surface area contributed by atoms with Gasteiger partial charge in [-0.15, -0.1) is 15.7 Å². The number of hydrogen-bond acceptors (Lipinski definition) is 7. The quantitative estimate of drug-likeness (QED) is 0.590. The molecule has 5 rings (SSSR count). The van der Waals surface area contributed by atoms with Crippen molar-refractivity contribution >= 4 is 50.3 Å². The summed E-state index contributed by atoms with van der Waals surface area (Å²) in [7, 11) is -4.05. The second kappa shape index (κ2) is 7.41. The topological polar surface area (TPSA) is 108 Å². The Hall–Kier alpha value is -3.34. The van der Waals surface area contributed by atoms with Gasteiger partial charge in [-0.3, -0.25) is 9.59 Å². The van der Waals surface area contributed by atoms with Crippen LogP contribution >= 0.6 is 11.3 Å². The first-order chi connectivity index (χ1) is 15.0. The van der Waals surface area contributed by atoms with Gasteiger partial charge in [0.05, 0.1) is 11.4 Å². The number of amidine groups is 1. The fourth-order valence-corrected chi connectivity index (χ4v) is 5.42. The van der Waals surface area contributed by atoms with Gasteiger partial charge in [-0.05, 0) is 35.7 Å². The molecule has 1 amide bonds. The van der Waals surface area contributed by atoms with E-state index < -0.39 is 27.6 Å². The maximum Gasteiger partial charge on any atom is 0.286 e. The number of thiophene rings is 1. The number of hydrazine groups is 1. The van der Waals surface area contributed by atoms with Gasteiger partial charge in [-0.1, -0.05) is 30.3 Å². The second-order valence-electron chi connectivity index (χ2n) is 6.98. The number of anilines is 2. The van der Waals surface area contributed by atoms with E-state index in [1.807, 2.05) is 17.5 Å². The van der Waals surface area contributed by atoms with E-state index in [1.165, 1.54) is 22.4 Å². The molecule has 0 aliphatic carbocycles. The molecule has 1 aromatic heterocycles. The molecular formula is C21H16N4O4S2. The van der Waals surface area contributed by atoms with Crippen LogP contribution in [0.3, 0.4) is 0 Å². The summed E-state index contributed by atoms with van der Waals surface area (Å²) in [5, 5.41) is 6.11. The number of benzene rings is 2. The Morgan fingerprint density at radius 3 is 2.61 bits per heavy atom. The third-order valence-corrected chi connectivity index (χ3v) is 7.28. The second-order valence-corrected chi connectivity index (χ2v) is 9.58. The van der Waals surface area contributed by atoms with Crippen molar-refractivity contribution in [2.45, 2.75) is 11.4 Å². The molecule has 2 aromatic carbocycles. The standard InChI is InChI=1S/C21H16N4O4S2/c26-19-14-7-1-3-9-16(14)25(22-12-13-6-5-11-30-13)21(27)18(19)20-23-15-8-2-4-10-17(15)31(28,29)24-20/h1-11,18,22H,12H2,(H,23,24).